The van der Waals surface area contributed by atoms with Gasteiger partial charge in [0.1, 0.15) is 0 Å². The molecule has 1 aromatic heterocycles. The van der Waals surface area contributed by atoms with Gasteiger partial charge in [0.05, 0.1) is 0 Å². The largest absolute Gasteiger partial charge is 0.421 e. The maximum absolute atomic E-state index is 12.0. The number of anilines is 1. The number of carbonyl (C=O) groups is 1. The fraction of sp³-hybridized carbons (Fsp3) is 0.471. The van der Waals surface area contributed by atoms with Crippen molar-refractivity contribution < 1.29 is 9.21 Å². The number of nitrogens with one attached hydrogen (secondary N) is 1. The fourth-order valence-corrected chi connectivity index (χ4v) is 2.90. The molecule has 1 N–H and O–H groups in total. The van der Waals surface area contributed by atoms with E-state index in [-0.39, 0.29) is 5.91 Å². The van der Waals surface area contributed by atoms with Crippen molar-refractivity contribution in [1.29, 1.82) is 0 Å². The first-order valence-corrected chi connectivity index (χ1v) is 7.97. The molecule has 5 nitrogen and oxygen atoms in total. The van der Waals surface area contributed by atoms with Crippen molar-refractivity contribution in [2.75, 3.05) is 5.32 Å². The minimum Gasteiger partial charge on any atom is -0.421 e. The summed E-state index contributed by atoms with van der Waals surface area (Å²) in [5.41, 5.74) is 1.67. The number of hydrogen-bond donors (Lipinski definition) is 1. The Hall–Kier alpha value is -2.17. The van der Waals surface area contributed by atoms with Gasteiger partial charge in [-0.25, -0.2) is 0 Å². The van der Waals surface area contributed by atoms with E-state index in [0.29, 0.717) is 24.1 Å². The highest BCUT2D eigenvalue weighted by Crippen LogP contribution is 2.28. The summed E-state index contributed by atoms with van der Waals surface area (Å²) in [4.78, 5) is 12.0. The molecule has 0 unspecified atom stereocenters. The molecule has 0 aliphatic heterocycles. The van der Waals surface area contributed by atoms with Crippen molar-refractivity contribution in [1.82, 2.24) is 10.2 Å². The van der Waals surface area contributed by atoms with Gasteiger partial charge in [-0.15, -0.1) is 10.2 Å². The first-order chi connectivity index (χ1) is 10.7. The highest BCUT2D eigenvalue weighted by atomic mass is 16.4. The average Bonchev–Trinajstić information content (AvgIpc) is 3.19. The molecule has 1 saturated carbocycles. The Bertz CT molecular complexity index is 628. The normalized spacial score (nSPS) is 15.1. The monoisotopic (exact) mass is 299 g/mol. The Kier molecular flexibility index (Phi) is 4.51. The lowest BCUT2D eigenvalue weighted by atomic mass is 10.0. The number of rotatable bonds is 5. The molecule has 116 valence electrons. The summed E-state index contributed by atoms with van der Waals surface area (Å²) in [6, 6.07) is 7.52. The maximum atomic E-state index is 12.0. The van der Waals surface area contributed by atoms with Crippen molar-refractivity contribution >= 4 is 11.6 Å². The second-order valence-electron chi connectivity index (χ2n) is 5.83. The summed E-state index contributed by atoms with van der Waals surface area (Å²) >= 11 is 0. The number of benzene rings is 1. The van der Waals surface area contributed by atoms with Crippen molar-refractivity contribution in [3.63, 3.8) is 0 Å². The minimum atomic E-state index is 0.103. The first kappa shape index (κ1) is 14.8. The molecule has 22 heavy (non-hydrogen) atoms. The summed E-state index contributed by atoms with van der Waals surface area (Å²) in [5.74, 6) is 1.81. The first-order valence-electron chi connectivity index (χ1n) is 7.97. The zero-order valence-electron chi connectivity index (χ0n) is 12.8. The van der Waals surface area contributed by atoms with E-state index in [9.17, 15) is 4.79 Å². The molecule has 0 saturated heterocycles. The molecule has 1 aliphatic carbocycles. The molecule has 0 atom stereocenters. The molecule has 1 amide bonds. The van der Waals surface area contributed by atoms with Crippen LogP contribution in [0.1, 0.15) is 44.9 Å². The van der Waals surface area contributed by atoms with Gasteiger partial charge < -0.3 is 9.73 Å². The van der Waals surface area contributed by atoms with Gasteiger partial charge in [0.15, 0.2) is 0 Å². The average molecular weight is 299 g/mol. The lowest BCUT2D eigenvalue weighted by molar-refractivity contribution is -0.117. The Labute approximate surface area is 130 Å². The Balaban J connectivity index is 1.60. The van der Waals surface area contributed by atoms with E-state index in [4.69, 9.17) is 4.42 Å². The zero-order valence-corrected chi connectivity index (χ0v) is 12.8. The number of hydrogen-bond acceptors (Lipinski definition) is 4. The smallest absolute Gasteiger partial charge is 0.247 e. The lowest BCUT2D eigenvalue weighted by Gasteiger charge is -2.09. The van der Waals surface area contributed by atoms with Crippen molar-refractivity contribution in [2.45, 2.75) is 45.4 Å². The summed E-state index contributed by atoms with van der Waals surface area (Å²) in [5, 5.41) is 10.9. The third kappa shape index (κ3) is 3.53. The predicted molar refractivity (Wildman–Crippen MR) is 84.3 cm³/mol. The third-order valence-electron chi connectivity index (χ3n) is 4.13. The van der Waals surface area contributed by atoms with E-state index in [0.717, 1.165) is 17.7 Å². The van der Waals surface area contributed by atoms with E-state index < -0.39 is 0 Å². The maximum Gasteiger partial charge on any atom is 0.247 e. The van der Waals surface area contributed by atoms with E-state index in [1.807, 2.05) is 31.2 Å². The van der Waals surface area contributed by atoms with Crippen LogP contribution in [0, 0.1) is 5.92 Å². The molecule has 3 rings (SSSR count). The predicted octanol–water partition coefficient (Wildman–Crippen LogP) is 3.82. The quantitative estimate of drug-likeness (QED) is 0.911. The van der Waals surface area contributed by atoms with Crippen LogP contribution in [0.15, 0.2) is 28.7 Å². The van der Waals surface area contributed by atoms with Crippen LogP contribution in [0.3, 0.4) is 0 Å². The molecular weight excluding hydrogens is 278 g/mol. The molecule has 5 heteroatoms. The molecule has 1 heterocycles. The van der Waals surface area contributed by atoms with Crippen LogP contribution in [0.2, 0.25) is 0 Å². The highest BCUT2D eigenvalue weighted by Gasteiger charge is 2.18. The second-order valence-corrected chi connectivity index (χ2v) is 5.83. The van der Waals surface area contributed by atoms with E-state index in [1.54, 1.807) is 0 Å². The van der Waals surface area contributed by atoms with Crippen LogP contribution in [-0.4, -0.2) is 16.1 Å². The van der Waals surface area contributed by atoms with Crippen molar-refractivity contribution in [2.24, 2.45) is 5.92 Å². The highest BCUT2D eigenvalue weighted by molar-refractivity contribution is 5.91. The SMILES string of the molecule is CCc1nnc(-c2ccc(NC(=O)CC3CCCC3)cc2)o1. The molecule has 0 bridgehead atoms. The number of aromatic nitrogens is 2. The van der Waals surface area contributed by atoms with Crippen molar-refractivity contribution in [3.05, 3.63) is 30.2 Å². The molecule has 0 spiro atoms. The zero-order chi connectivity index (χ0) is 15.4. The van der Waals surface area contributed by atoms with E-state index in [1.165, 1.54) is 25.7 Å². The lowest BCUT2D eigenvalue weighted by Crippen LogP contribution is -2.14. The van der Waals surface area contributed by atoms with Gasteiger partial charge in [0.2, 0.25) is 17.7 Å². The van der Waals surface area contributed by atoms with Crippen LogP contribution in [0.25, 0.3) is 11.5 Å². The van der Waals surface area contributed by atoms with Crippen LogP contribution in [0.4, 0.5) is 5.69 Å². The van der Waals surface area contributed by atoms with Crippen LogP contribution in [0.5, 0.6) is 0 Å². The van der Waals surface area contributed by atoms with Gasteiger partial charge in [-0.3, -0.25) is 4.79 Å². The van der Waals surface area contributed by atoms with Crippen LogP contribution in [-0.2, 0) is 11.2 Å². The molecule has 1 aliphatic rings. The summed E-state index contributed by atoms with van der Waals surface area (Å²) in [7, 11) is 0. The van der Waals surface area contributed by atoms with Gasteiger partial charge in [-0.2, -0.15) is 0 Å². The van der Waals surface area contributed by atoms with Gasteiger partial charge >= 0.3 is 0 Å². The Morgan fingerprint density at radius 1 is 1.23 bits per heavy atom. The topological polar surface area (TPSA) is 68.0 Å². The number of amides is 1. The second kappa shape index (κ2) is 6.73. The Morgan fingerprint density at radius 2 is 1.95 bits per heavy atom. The van der Waals surface area contributed by atoms with Gasteiger partial charge in [-0.1, -0.05) is 19.8 Å². The van der Waals surface area contributed by atoms with Gasteiger partial charge in [-0.05, 0) is 43.0 Å². The van der Waals surface area contributed by atoms with Crippen LogP contribution >= 0.6 is 0 Å². The molecule has 0 radical (unpaired) electrons. The number of nitrogens with zero attached hydrogens (tertiary/aromatic N) is 2. The molecule has 1 aromatic carbocycles. The standard InChI is InChI=1S/C17H21N3O2/c1-2-16-19-20-17(22-16)13-7-9-14(10-8-13)18-15(21)11-12-5-3-4-6-12/h7-10,12H,2-6,11H2,1H3,(H,18,21). The van der Waals surface area contributed by atoms with Gasteiger partial charge in [0.25, 0.3) is 0 Å². The van der Waals surface area contributed by atoms with Crippen LogP contribution < -0.4 is 5.32 Å². The summed E-state index contributed by atoms with van der Waals surface area (Å²) in [6.07, 6.45) is 6.24. The molecule has 2 aromatic rings. The van der Waals surface area contributed by atoms with E-state index >= 15 is 0 Å². The summed E-state index contributed by atoms with van der Waals surface area (Å²) in [6.45, 7) is 1.97. The van der Waals surface area contributed by atoms with Gasteiger partial charge in [0, 0.05) is 24.1 Å². The van der Waals surface area contributed by atoms with E-state index in [2.05, 4.69) is 15.5 Å². The molecule has 1 fully saturated rings. The number of aryl methyl sites for hydroxylation is 1. The Morgan fingerprint density at radius 3 is 2.59 bits per heavy atom. The number of carbonyl (C=O) groups excluding carboxylic acids is 1. The van der Waals surface area contributed by atoms with Crippen molar-refractivity contribution in [3.8, 4) is 11.5 Å². The fourth-order valence-electron chi connectivity index (χ4n) is 2.90. The third-order valence-corrected chi connectivity index (χ3v) is 4.13. The molecular formula is C17H21N3O2. The summed E-state index contributed by atoms with van der Waals surface area (Å²) < 4.78 is 5.52. The minimum absolute atomic E-state index is 0.103.